The smallest absolute Gasteiger partial charge is 0.204 e. The van der Waals surface area contributed by atoms with Gasteiger partial charge in [-0.1, -0.05) is 0 Å². The second-order valence-electron chi connectivity index (χ2n) is 5.29. The highest BCUT2D eigenvalue weighted by Gasteiger charge is 2.47. The number of carbonyl (C=O) groups excluding carboxylic acids is 1. The maximum Gasteiger partial charge on any atom is 0.204 e. The molecule has 3 rings (SSSR count). The first-order chi connectivity index (χ1) is 11.1. The van der Waals surface area contributed by atoms with Gasteiger partial charge in [-0.3, -0.25) is 4.79 Å². The van der Waals surface area contributed by atoms with Crippen LogP contribution in [0.4, 0.5) is 0 Å². The van der Waals surface area contributed by atoms with Gasteiger partial charge in [-0.25, -0.2) is 0 Å². The molecule has 1 aromatic heterocycles. The van der Waals surface area contributed by atoms with Crippen LogP contribution in [0.15, 0.2) is 23.6 Å². The summed E-state index contributed by atoms with van der Waals surface area (Å²) in [6.07, 6.45) is -0.727. The second kappa shape index (κ2) is 6.22. The third-order valence-electron chi connectivity index (χ3n) is 3.74. The molecule has 0 N–H and O–H groups in total. The lowest BCUT2D eigenvalue weighted by atomic mass is 10.1. The number of carbonyl (C=O) groups is 1. The zero-order valence-corrected chi connectivity index (χ0v) is 14.2. The molecule has 5 nitrogen and oxygen atoms in total. The lowest BCUT2D eigenvalue weighted by Crippen LogP contribution is -2.06. The van der Waals surface area contributed by atoms with E-state index in [2.05, 4.69) is 0 Å². The van der Waals surface area contributed by atoms with Crippen LogP contribution in [0.2, 0.25) is 0 Å². The molecule has 0 aliphatic carbocycles. The Labute approximate surface area is 138 Å². The van der Waals surface area contributed by atoms with E-state index in [1.165, 1.54) is 11.3 Å². The Morgan fingerprint density at radius 3 is 2.22 bits per heavy atom. The van der Waals surface area contributed by atoms with E-state index < -0.39 is 6.10 Å². The highest BCUT2D eigenvalue weighted by Crippen LogP contribution is 2.47. The Balaban J connectivity index is 1.85. The molecule has 1 aromatic carbocycles. The summed E-state index contributed by atoms with van der Waals surface area (Å²) >= 11 is 1.45. The van der Waals surface area contributed by atoms with Gasteiger partial charge in [0.2, 0.25) is 11.5 Å². The minimum Gasteiger partial charge on any atom is -0.493 e. The first kappa shape index (κ1) is 15.8. The second-order valence-corrected chi connectivity index (χ2v) is 6.20. The molecule has 1 fully saturated rings. The van der Waals surface area contributed by atoms with Crippen LogP contribution < -0.4 is 14.2 Å². The molecule has 0 spiro atoms. The molecule has 2 aromatic rings. The van der Waals surface area contributed by atoms with Gasteiger partial charge in [0.1, 0.15) is 6.10 Å². The number of benzene rings is 1. The summed E-state index contributed by atoms with van der Waals surface area (Å²) in [6.45, 7) is 1.97. The minimum atomic E-state index is -0.448. The predicted molar refractivity (Wildman–Crippen MR) is 87.1 cm³/mol. The van der Waals surface area contributed by atoms with Crippen molar-refractivity contribution in [2.75, 3.05) is 21.3 Å². The van der Waals surface area contributed by atoms with Crippen molar-refractivity contribution in [3.63, 3.8) is 0 Å². The molecule has 0 bridgehead atoms. The van der Waals surface area contributed by atoms with E-state index in [1.54, 1.807) is 21.3 Å². The summed E-state index contributed by atoms with van der Waals surface area (Å²) in [4.78, 5) is 13.2. The number of rotatable bonds is 6. The number of methoxy groups -OCH3 is 3. The summed E-state index contributed by atoms with van der Waals surface area (Å²) in [6, 6.07) is 5.53. The summed E-state index contributed by atoms with van der Waals surface area (Å²) in [7, 11) is 4.68. The number of hydrogen-bond donors (Lipinski definition) is 0. The van der Waals surface area contributed by atoms with Crippen LogP contribution in [0.5, 0.6) is 17.2 Å². The van der Waals surface area contributed by atoms with Crippen LogP contribution in [0.3, 0.4) is 0 Å². The van der Waals surface area contributed by atoms with Gasteiger partial charge in [0.05, 0.1) is 26.2 Å². The summed E-state index contributed by atoms with van der Waals surface area (Å²) in [5, 5.41) is 1.96. The number of ether oxygens (including phenoxy) is 4. The van der Waals surface area contributed by atoms with Gasteiger partial charge in [-0.2, -0.15) is 0 Å². The van der Waals surface area contributed by atoms with Crippen LogP contribution >= 0.6 is 11.3 Å². The van der Waals surface area contributed by atoms with Crippen LogP contribution in [0.25, 0.3) is 0 Å². The number of aryl methyl sites for hydroxylation is 1. The Bertz CT molecular complexity index is 711. The zero-order valence-electron chi connectivity index (χ0n) is 13.4. The van der Waals surface area contributed by atoms with Gasteiger partial charge in [-0.15, -0.1) is 11.3 Å². The fraction of sp³-hybridized carbons (Fsp3) is 0.353. The molecule has 1 saturated heterocycles. The lowest BCUT2D eigenvalue weighted by Gasteiger charge is -2.13. The molecule has 0 saturated carbocycles. The summed E-state index contributed by atoms with van der Waals surface area (Å²) in [5.74, 6) is 1.64. The summed E-state index contributed by atoms with van der Waals surface area (Å²) < 4.78 is 21.6. The van der Waals surface area contributed by atoms with E-state index in [0.29, 0.717) is 17.2 Å². The van der Waals surface area contributed by atoms with Gasteiger partial charge in [0.15, 0.2) is 17.6 Å². The van der Waals surface area contributed by atoms with E-state index in [0.717, 1.165) is 16.0 Å². The maximum atomic E-state index is 12.4. The third kappa shape index (κ3) is 2.92. The molecule has 1 aliphatic rings. The lowest BCUT2D eigenvalue weighted by molar-refractivity contribution is 0.0957. The first-order valence-electron chi connectivity index (χ1n) is 7.13. The molecule has 0 amide bonds. The fourth-order valence-electron chi connectivity index (χ4n) is 2.53. The highest BCUT2D eigenvalue weighted by atomic mass is 32.1. The van der Waals surface area contributed by atoms with Crippen LogP contribution in [0.1, 0.15) is 26.9 Å². The van der Waals surface area contributed by atoms with E-state index >= 15 is 0 Å². The molecule has 2 heterocycles. The molecule has 23 heavy (non-hydrogen) atoms. The van der Waals surface area contributed by atoms with Crippen molar-refractivity contribution < 1.29 is 23.7 Å². The van der Waals surface area contributed by atoms with Crippen molar-refractivity contribution in [1.29, 1.82) is 0 Å². The fourth-order valence-corrected chi connectivity index (χ4v) is 3.40. The zero-order chi connectivity index (χ0) is 16.6. The number of hydrogen-bond acceptors (Lipinski definition) is 6. The topological polar surface area (TPSA) is 57.3 Å². The van der Waals surface area contributed by atoms with Gasteiger partial charge in [-0.05, 0) is 41.6 Å². The molecule has 0 radical (unpaired) electrons. The van der Waals surface area contributed by atoms with Crippen LogP contribution in [0, 0.1) is 6.92 Å². The average Bonchev–Trinajstić information content (AvgIpc) is 3.26. The Hall–Kier alpha value is -2.05. The van der Waals surface area contributed by atoms with Crippen LogP contribution in [-0.4, -0.2) is 33.2 Å². The van der Waals surface area contributed by atoms with E-state index in [9.17, 15) is 4.79 Å². The number of Topliss-reactive ketones (excluding diaryl/α,β-unsaturated/α-hetero) is 1. The molecular formula is C17H18O5S. The number of ketones is 1. The average molecular weight is 334 g/mol. The first-order valence-corrected chi connectivity index (χ1v) is 8.01. The molecule has 122 valence electrons. The normalized spacial score (nSPS) is 19.3. The van der Waals surface area contributed by atoms with Crippen molar-refractivity contribution >= 4 is 17.1 Å². The molecule has 2 unspecified atom stereocenters. The van der Waals surface area contributed by atoms with Crippen molar-refractivity contribution in [2.24, 2.45) is 0 Å². The Kier molecular flexibility index (Phi) is 4.28. The Morgan fingerprint density at radius 1 is 1.09 bits per heavy atom. The predicted octanol–water partition coefficient (Wildman–Crippen LogP) is 3.41. The van der Waals surface area contributed by atoms with Gasteiger partial charge < -0.3 is 18.9 Å². The van der Waals surface area contributed by atoms with Gasteiger partial charge in [0, 0.05) is 0 Å². The van der Waals surface area contributed by atoms with Crippen molar-refractivity contribution in [2.45, 2.75) is 19.1 Å². The third-order valence-corrected chi connectivity index (χ3v) is 4.80. The van der Waals surface area contributed by atoms with Crippen molar-refractivity contribution in [1.82, 2.24) is 0 Å². The SMILES string of the molecule is COc1cc(C2OC2C(=O)c2cc(C)cs2)cc(OC)c1OC. The quantitative estimate of drug-likeness (QED) is 0.598. The van der Waals surface area contributed by atoms with Crippen molar-refractivity contribution in [3.05, 3.63) is 39.6 Å². The minimum absolute atomic E-state index is 0.0156. The Morgan fingerprint density at radius 2 is 1.74 bits per heavy atom. The molecule has 6 heteroatoms. The highest BCUT2D eigenvalue weighted by molar-refractivity contribution is 7.12. The van der Waals surface area contributed by atoms with Crippen LogP contribution in [-0.2, 0) is 4.74 Å². The molecular weight excluding hydrogens is 316 g/mol. The maximum absolute atomic E-state index is 12.4. The largest absolute Gasteiger partial charge is 0.493 e. The summed E-state index contributed by atoms with van der Waals surface area (Å²) in [5.41, 5.74) is 1.93. The number of epoxide rings is 1. The van der Waals surface area contributed by atoms with E-state index in [-0.39, 0.29) is 11.9 Å². The van der Waals surface area contributed by atoms with Gasteiger partial charge in [0.25, 0.3) is 0 Å². The standard InChI is InChI=1S/C17H18O5S/c1-9-5-13(23-8-9)14(18)17-15(22-17)10-6-11(19-2)16(21-4)12(7-10)20-3/h5-8,15,17H,1-4H3. The molecule has 1 aliphatic heterocycles. The van der Waals surface area contributed by atoms with E-state index in [1.807, 2.05) is 30.5 Å². The van der Waals surface area contributed by atoms with Crippen molar-refractivity contribution in [3.8, 4) is 17.2 Å². The van der Waals surface area contributed by atoms with Gasteiger partial charge >= 0.3 is 0 Å². The van der Waals surface area contributed by atoms with E-state index in [4.69, 9.17) is 18.9 Å². The molecule has 2 atom stereocenters. The number of thiophene rings is 1. The monoisotopic (exact) mass is 334 g/mol.